The van der Waals surface area contributed by atoms with Crippen molar-refractivity contribution < 1.29 is 9.59 Å². The van der Waals surface area contributed by atoms with Crippen molar-refractivity contribution in [3.05, 3.63) is 81.8 Å². The first kappa shape index (κ1) is 26.1. The Morgan fingerprint density at radius 3 is 1.56 bits per heavy atom. The first-order chi connectivity index (χ1) is 19.1. The van der Waals surface area contributed by atoms with Gasteiger partial charge in [-0.25, -0.2) is 0 Å². The molecule has 2 aliphatic rings. The first-order valence-electron chi connectivity index (χ1n) is 13.1. The van der Waals surface area contributed by atoms with Crippen molar-refractivity contribution in [3.63, 3.8) is 0 Å². The molecule has 200 valence electrons. The molecule has 4 atom stereocenters. The molecule has 2 fully saturated rings. The highest BCUT2D eigenvalue weighted by Crippen LogP contribution is 2.48. The third-order valence-electron chi connectivity index (χ3n) is 7.02. The molecule has 1 unspecified atom stereocenters. The zero-order chi connectivity index (χ0) is 26.6. The van der Waals surface area contributed by atoms with Crippen LogP contribution in [0, 0.1) is 11.8 Å². The molecule has 2 heterocycles. The van der Waals surface area contributed by atoms with Crippen LogP contribution in [0.2, 0.25) is 0 Å². The number of anilines is 2. The van der Waals surface area contributed by atoms with Crippen LogP contribution in [0.25, 0.3) is 0 Å². The maximum absolute atomic E-state index is 12.6. The van der Waals surface area contributed by atoms with Crippen LogP contribution in [-0.2, 0) is 22.4 Å². The lowest BCUT2D eigenvalue weighted by Crippen LogP contribution is -2.14. The Hall–Kier alpha value is -3.15. The van der Waals surface area contributed by atoms with Crippen molar-refractivity contribution >= 4 is 56.5 Å². The van der Waals surface area contributed by atoms with Crippen LogP contribution in [0.3, 0.4) is 0 Å². The number of hydrogen-bond acceptors (Lipinski definition) is 9. The van der Waals surface area contributed by atoms with Gasteiger partial charge in [-0.15, -0.1) is 20.4 Å². The molecule has 0 saturated heterocycles. The van der Waals surface area contributed by atoms with E-state index in [9.17, 15) is 9.59 Å². The molecular formula is C28H28N6O2S3. The van der Waals surface area contributed by atoms with Crippen LogP contribution in [0.5, 0.6) is 0 Å². The lowest BCUT2D eigenvalue weighted by atomic mass is 10.1. The van der Waals surface area contributed by atoms with Gasteiger partial charge in [0.25, 0.3) is 0 Å². The number of hydrogen-bond donors (Lipinski definition) is 2. The van der Waals surface area contributed by atoms with Crippen LogP contribution in [-0.4, -0.2) is 43.7 Å². The second-order valence-electron chi connectivity index (χ2n) is 9.81. The lowest BCUT2D eigenvalue weighted by Gasteiger charge is -2.01. The minimum Gasteiger partial charge on any atom is -0.300 e. The minimum absolute atomic E-state index is 0.0180. The summed E-state index contributed by atoms with van der Waals surface area (Å²) in [6, 6.07) is 20.4. The van der Waals surface area contributed by atoms with Crippen molar-refractivity contribution in [1.29, 1.82) is 0 Å². The van der Waals surface area contributed by atoms with E-state index in [1.54, 1.807) is 0 Å². The molecule has 2 saturated carbocycles. The standard InChI is InChI=1S/C28H28N6O2S3/c35-25(21-15-19(21)17-7-3-1-4-8-17)29-27-33-31-23(38-27)11-13-37-14-12-24-32-34-28(39-24)30-26(36)22-16-20(22)18-9-5-2-6-10-18/h1-10,19-22H,11-16H2,(H,29,33,35)(H,30,34,36)/t19-,20-,21+,22?/m1/s1. The maximum Gasteiger partial charge on any atom is 0.229 e. The fourth-order valence-electron chi connectivity index (χ4n) is 4.73. The fraction of sp³-hybridized carbons (Fsp3) is 0.357. The summed E-state index contributed by atoms with van der Waals surface area (Å²) < 4.78 is 0. The Balaban J connectivity index is 0.870. The van der Waals surface area contributed by atoms with Gasteiger partial charge in [0.05, 0.1) is 0 Å². The normalized spacial score (nSPS) is 21.3. The Labute approximate surface area is 239 Å². The van der Waals surface area contributed by atoms with Gasteiger partial charge >= 0.3 is 0 Å². The molecular weight excluding hydrogens is 549 g/mol. The van der Waals surface area contributed by atoms with Crippen LogP contribution >= 0.6 is 34.4 Å². The molecule has 39 heavy (non-hydrogen) atoms. The summed E-state index contributed by atoms with van der Waals surface area (Å²) in [5.74, 6) is 2.52. The molecule has 0 radical (unpaired) electrons. The van der Waals surface area contributed by atoms with Crippen molar-refractivity contribution in [2.24, 2.45) is 11.8 Å². The zero-order valence-corrected chi connectivity index (χ0v) is 23.6. The molecule has 11 heteroatoms. The van der Waals surface area contributed by atoms with Gasteiger partial charge in [0.2, 0.25) is 22.1 Å². The molecule has 2 aromatic heterocycles. The van der Waals surface area contributed by atoms with Gasteiger partial charge in [-0.2, -0.15) is 11.8 Å². The van der Waals surface area contributed by atoms with Gasteiger partial charge in [0.1, 0.15) is 10.0 Å². The molecule has 0 aliphatic heterocycles. The summed E-state index contributed by atoms with van der Waals surface area (Å²) >= 11 is 4.71. The second kappa shape index (κ2) is 11.9. The number of nitrogens with zero attached hydrogens (tertiary/aromatic N) is 4. The van der Waals surface area contributed by atoms with Gasteiger partial charge in [0, 0.05) is 24.7 Å². The summed E-state index contributed by atoms with van der Waals surface area (Å²) in [7, 11) is 0. The quantitative estimate of drug-likeness (QED) is 0.218. The van der Waals surface area contributed by atoms with Crippen molar-refractivity contribution in [3.8, 4) is 0 Å². The summed E-state index contributed by atoms with van der Waals surface area (Å²) in [5, 5.41) is 25.6. The van der Waals surface area contributed by atoms with Gasteiger partial charge < -0.3 is 10.6 Å². The smallest absolute Gasteiger partial charge is 0.229 e. The van der Waals surface area contributed by atoms with E-state index in [-0.39, 0.29) is 23.7 Å². The van der Waals surface area contributed by atoms with E-state index in [0.29, 0.717) is 22.1 Å². The maximum atomic E-state index is 12.6. The van der Waals surface area contributed by atoms with Gasteiger partial charge in [-0.05, 0) is 47.3 Å². The molecule has 2 amide bonds. The third kappa shape index (κ3) is 6.71. The summed E-state index contributed by atoms with van der Waals surface area (Å²) in [6.07, 6.45) is 3.37. The van der Waals surface area contributed by atoms with E-state index in [0.717, 1.165) is 47.2 Å². The van der Waals surface area contributed by atoms with E-state index in [2.05, 4.69) is 55.3 Å². The number of benzene rings is 2. The number of aromatic nitrogens is 4. The highest BCUT2D eigenvalue weighted by Gasteiger charge is 2.44. The van der Waals surface area contributed by atoms with Crippen molar-refractivity contribution in [1.82, 2.24) is 20.4 Å². The molecule has 2 aliphatic carbocycles. The number of amides is 2. The Morgan fingerprint density at radius 2 is 1.13 bits per heavy atom. The van der Waals surface area contributed by atoms with Crippen LogP contribution < -0.4 is 10.6 Å². The first-order valence-corrected chi connectivity index (χ1v) is 15.9. The molecule has 0 bridgehead atoms. The average molecular weight is 577 g/mol. The van der Waals surface area contributed by atoms with Gasteiger partial charge in [-0.1, -0.05) is 83.3 Å². The Bertz CT molecular complexity index is 1320. The van der Waals surface area contributed by atoms with E-state index < -0.39 is 0 Å². The largest absolute Gasteiger partial charge is 0.300 e. The third-order valence-corrected chi connectivity index (χ3v) is 9.81. The predicted molar refractivity (Wildman–Crippen MR) is 156 cm³/mol. The Kier molecular flexibility index (Phi) is 7.98. The highest BCUT2D eigenvalue weighted by atomic mass is 32.2. The molecule has 2 aromatic carbocycles. The molecule has 0 spiro atoms. The highest BCUT2D eigenvalue weighted by molar-refractivity contribution is 7.99. The summed E-state index contributed by atoms with van der Waals surface area (Å²) in [6.45, 7) is 0. The van der Waals surface area contributed by atoms with Crippen LogP contribution in [0.1, 0.15) is 45.8 Å². The van der Waals surface area contributed by atoms with E-state index in [1.165, 1.54) is 33.8 Å². The number of thioether (sulfide) groups is 1. The Morgan fingerprint density at radius 1 is 0.692 bits per heavy atom. The average Bonchev–Trinajstić information content (AvgIpc) is 3.86. The minimum atomic E-state index is 0.0180. The molecule has 4 aromatic rings. The number of rotatable bonds is 12. The van der Waals surface area contributed by atoms with Gasteiger partial charge in [0.15, 0.2) is 0 Å². The number of carbonyl (C=O) groups is 2. The van der Waals surface area contributed by atoms with Crippen molar-refractivity contribution in [2.75, 3.05) is 22.1 Å². The fourth-order valence-corrected chi connectivity index (χ4v) is 7.36. The zero-order valence-electron chi connectivity index (χ0n) is 21.2. The van der Waals surface area contributed by atoms with Gasteiger partial charge in [-0.3, -0.25) is 9.59 Å². The number of carbonyl (C=O) groups excluding carboxylic acids is 2. The molecule has 6 rings (SSSR count). The van der Waals surface area contributed by atoms with E-state index in [1.807, 2.05) is 48.2 Å². The summed E-state index contributed by atoms with van der Waals surface area (Å²) in [4.78, 5) is 25.1. The predicted octanol–water partition coefficient (Wildman–Crippen LogP) is 5.39. The number of aryl methyl sites for hydroxylation is 2. The molecule has 8 nitrogen and oxygen atoms in total. The lowest BCUT2D eigenvalue weighted by molar-refractivity contribution is -0.118. The summed E-state index contributed by atoms with van der Waals surface area (Å²) in [5.41, 5.74) is 2.44. The second-order valence-corrected chi connectivity index (χ2v) is 13.2. The van der Waals surface area contributed by atoms with Crippen molar-refractivity contribution in [2.45, 2.75) is 37.5 Å². The van der Waals surface area contributed by atoms with E-state index in [4.69, 9.17) is 0 Å². The SMILES string of the molecule is O=C(Nc1nnc(CCSCCc2nnc(NC(=O)[C@H]3C[C@@H]3c3ccccc3)s2)s1)C1C[C@@H]1c1ccccc1. The monoisotopic (exact) mass is 576 g/mol. The van der Waals surface area contributed by atoms with Crippen LogP contribution in [0.15, 0.2) is 60.7 Å². The van der Waals surface area contributed by atoms with Crippen LogP contribution in [0.4, 0.5) is 10.3 Å². The molecule has 2 N–H and O–H groups in total. The van der Waals surface area contributed by atoms with E-state index >= 15 is 0 Å². The number of nitrogens with one attached hydrogen (secondary N) is 2. The topological polar surface area (TPSA) is 110 Å².